The van der Waals surface area contributed by atoms with Crippen molar-refractivity contribution in [2.45, 2.75) is 49.9 Å². The zero-order valence-electron chi connectivity index (χ0n) is 12.7. The summed E-state index contributed by atoms with van der Waals surface area (Å²) >= 11 is 3.67. The van der Waals surface area contributed by atoms with E-state index in [1.807, 2.05) is 28.8 Å². The fourth-order valence-electron chi connectivity index (χ4n) is 2.82. The van der Waals surface area contributed by atoms with Crippen LogP contribution in [0.3, 0.4) is 0 Å². The first kappa shape index (κ1) is 16.9. The molecule has 1 heterocycles. The summed E-state index contributed by atoms with van der Waals surface area (Å²) in [6.45, 7) is 2.14. The van der Waals surface area contributed by atoms with Gasteiger partial charge in [-0.25, -0.2) is 0 Å². The number of aromatic nitrogens is 1. The van der Waals surface area contributed by atoms with Gasteiger partial charge in [-0.1, -0.05) is 47.8 Å². The summed E-state index contributed by atoms with van der Waals surface area (Å²) in [7, 11) is 0. The first-order valence-electron chi connectivity index (χ1n) is 7.67. The third kappa shape index (κ3) is 4.03. The van der Waals surface area contributed by atoms with Gasteiger partial charge < -0.3 is 14.8 Å². The average molecular weight is 368 g/mol. The van der Waals surface area contributed by atoms with Gasteiger partial charge in [-0.15, -0.1) is 0 Å². The Hall–Kier alpha value is -1.49. The molecule has 0 saturated carbocycles. The van der Waals surface area contributed by atoms with Crippen LogP contribution in [0.4, 0.5) is 0 Å². The minimum absolute atomic E-state index is 0.0480. The molecule has 1 aromatic heterocycles. The lowest BCUT2D eigenvalue weighted by Gasteiger charge is -2.21. The predicted octanol–water partition coefficient (Wildman–Crippen LogP) is 4.71. The zero-order valence-corrected chi connectivity index (χ0v) is 14.3. The maximum absolute atomic E-state index is 11.2. The Labute approximate surface area is 138 Å². The number of hydrogen-bond acceptors (Lipinski definition) is 2. The van der Waals surface area contributed by atoms with Gasteiger partial charge in [0.2, 0.25) is 0 Å². The van der Waals surface area contributed by atoms with Gasteiger partial charge in [0, 0.05) is 22.5 Å². The number of hydrogen-bond donors (Lipinski definition) is 2. The summed E-state index contributed by atoms with van der Waals surface area (Å²) in [5.74, 6) is -0.622. The Morgan fingerprint density at radius 2 is 2.09 bits per heavy atom. The van der Waals surface area contributed by atoms with E-state index >= 15 is 0 Å². The van der Waals surface area contributed by atoms with E-state index in [9.17, 15) is 15.0 Å². The second-order valence-corrected chi connectivity index (χ2v) is 6.96. The molecular weight excluding hydrogens is 346 g/mol. The molecule has 1 aromatic carbocycles. The van der Waals surface area contributed by atoms with Crippen LogP contribution in [0.15, 0.2) is 30.5 Å². The van der Waals surface area contributed by atoms with Crippen molar-refractivity contribution in [3.63, 3.8) is 0 Å². The van der Waals surface area contributed by atoms with Gasteiger partial charge in [-0.05, 0) is 25.0 Å². The van der Waals surface area contributed by atoms with Gasteiger partial charge in [-0.3, -0.25) is 4.79 Å². The number of halogens is 1. The summed E-state index contributed by atoms with van der Waals surface area (Å²) in [5.41, 5.74) is 0.876. The summed E-state index contributed by atoms with van der Waals surface area (Å²) < 4.78 is 1.90. The van der Waals surface area contributed by atoms with Crippen molar-refractivity contribution < 1.29 is 15.0 Å². The SMILES string of the molecule is CCCCC(Br)CC(CC(=O)O)n1cc(O)c2ccccc21. The molecule has 2 unspecified atom stereocenters. The molecule has 0 fully saturated rings. The molecular formula is C17H22BrNO3. The van der Waals surface area contributed by atoms with E-state index in [0.717, 1.165) is 36.6 Å². The van der Waals surface area contributed by atoms with Crippen LogP contribution in [-0.4, -0.2) is 25.6 Å². The smallest absolute Gasteiger partial charge is 0.305 e. The van der Waals surface area contributed by atoms with E-state index in [-0.39, 0.29) is 23.0 Å². The number of benzene rings is 1. The Bertz CT molecular complexity index is 638. The van der Waals surface area contributed by atoms with E-state index < -0.39 is 5.97 Å². The number of fused-ring (bicyclic) bond motifs is 1. The lowest BCUT2D eigenvalue weighted by molar-refractivity contribution is -0.137. The first-order valence-corrected chi connectivity index (χ1v) is 8.58. The molecule has 22 heavy (non-hydrogen) atoms. The maximum atomic E-state index is 11.2. The molecule has 4 nitrogen and oxygen atoms in total. The normalized spacial score (nSPS) is 14.1. The summed E-state index contributed by atoms with van der Waals surface area (Å²) in [6, 6.07) is 7.36. The lowest BCUT2D eigenvalue weighted by Crippen LogP contribution is -2.17. The lowest BCUT2D eigenvalue weighted by atomic mass is 10.0. The second kappa shape index (κ2) is 7.68. The molecule has 0 aliphatic rings. The number of aromatic hydroxyl groups is 1. The highest BCUT2D eigenvalue weighted by Crippen LogP contribution is 2.33. The van der Waals surface area contributed by atoms with Crippen molar-refractivity contribution in [2.75, 3.05) is 0 Å². The Balaban J connectivity index is 2.29. The van der Waals surface area contributed by atoms with Crippen LogP contribution < -0.4 is 0 Å². The van der Waals surface area contributed by atoms with Crippen molar-refractivity contribution in [1.29, 1.82) is 0 Å². The van der Waals surface area contributed by atoms with Gasteiger partial charge in [0.1, 0.15) is 5.75 Å². The van der Waals surface area contributed by atoms with Crippen LogP contribution in [0.25, 0.3) is 10.9 Å². The highest BCUT2D eigenvalue weighted by Gasteiger charge is 2.21. The van der Waals surface area contributed by atoms with Crippen LogP contribution in [0.2, 0.25) is 0 Å². The predicted molar refractivity (Wildman–Crippen MR) is 91.7 cm³/mol. The molecule has 5 heteroatoms. The molecule has 2 N–H and O–H groups in total. The summed E-state index contributed by atoms with van der Waals surface area (Å²) in [4.78, 5) is 11.5. The van der Waals surface area contributed by atoms with Gasteiger partial charge in [-0.2, -0.15) is 0 Å². The molecule has 0 amide bonds. The number of carboxylic acids is 1. The standard InChI is InChI=1S/C17H22BrNO3/c1-2-3-6-12(18)9-13(10-17(21)22)19-11-16(20)14-7-4-5-8-15(14)19/h4-5,7-8,11-13,20H,2-3,6,9-10H2,1H3,(H,21,22). The van der Waals surface area contributed by atoms with Crippen molar-refractivity contribution in [2.24, 2.45) is 0 Å². The largest absolute Gasteiger partial charge is 0.506 e. The van der Waals surface area contributed by atoms with Gasteiger partial charge in [0.05, 0.1) is 11.9 Å². The minimum atomic E-state index is -0.822. The van der Waals surface area contributed by atoms with E-state index in [0.29, 0.717) is 0 Å². The van der Waals surface area contributed by atoms with E-state index in [2.05, 4.69) is 22.9 Å². The first-order chi connectivity index (χ1) is 10.5. The number of rotatable bonds is 8. The molecule has 0 aliphatic heterocycles. The quantitative estimate of drug-likeness (QED) is 0.664. The number of alkyl halides is 1. The Kier molecular flexibility index (Phi) is 5.89. The third-order valence-electron chi connectivity index (χ3n) is 3.92. The topological polar surface area (TPSA) is 62.5 Å². The monoisotopic (exact) mass is 367 g/mol. The molecule has 2 aromatic rings. The van der Waals surface area contributed by atoms with Crippen LogP contribution in [-0.2, 0) is 4.79 Å². The molecule has 0 spiro atoms. The maximum Gasteiger partial charge on any atom is 0.305 e. The Morgan fingerprint density at radius 3 is 2.77 bits per heavy atom. The molecule has 0 radical (unpaired) electrons. The number of carbonyl (C=O) groups is 1. The fourth-order valence-corrected chi connectivity index (χ4v) is 3.58. The second-order valence-electron chi connectivity index (χ2n) is 5.67. The highest BCUT2D eigenvalue weighted by atomic mass is 79.9. The van der Waals surface area contributed by atoms with Gasteiger partial charge in [0.15, 0.2) is 0 Å². The Morgan fingerprint density at radius 1 is 1.36 bits per heavy atom. The van der Waals surface area contributed by atoms with Crippen molar-refractivity contribution in [3.05, 3.63) is 30.5 Å². The van der Waals surface area contributed by atoms with Crippen LogP contribution in [0.1, 0.15) is 45.1 Å². The van der Waals surface area contributed by atoms with Crippen molar-refractivity contribution in [1.82, 2.24) is 4.57 Å². The molecule has 2 rings (SSSR count). The van der Waals surface area contributed by atoms with Crippen molar-refractivity contribution in [3.8, 4) is 5.75 Å². The summed E-state index contributed by atoms with van der Waals surface area (Å²) in [6.07, 6.45) is 5.69. The van der Waals surface area contributed by atoms with Gasteiger partial charge >= 0.3 is 5.97 Å². The van der Waals surface area contributed by atoms with Crippen LogP contribution >= 0.6 is 15.9 Å². The average Bonchev–Trinajstić information content (AvgIpc) is 2.82. The van der Waals surface area contributed by atoms with Gasteiger partial charge in [0.25, 0.3) is 0 Å². The molecule has 0 bridgehead atoms. The number of aliphatic carboxylic acids is 1. The molecule has 2 atom stereocenters. The molecule has 0 saturated heterocycles. The highest BCUT2D eigenvalue weighted by molar-refractivity contribution is 9.09. The number of carboxylic acid groups (broad SMARTS) is 1. The van der Waals surface area contributed by atoms with E-state index in [4.69, 9.17) is 0 Å². The van der Waals surface area contributed by atoms with E-state index in [1.165, 1.54) is 0 Å². The van der Waals surface area contributed by atoms with E-state index in [1.54, 1.807) is 6.20 Å². The minimum Gasteiger partial charge on any atom is -0.506 e. The third-order valence-corrected chi connectivity index (χ3v) is 4.75. The van der Waals surface area contributed by atoms with Crippen molar-refractivity contribution >= 4 is 32.8 Å². The molecule has 0 aliphatic carbocycles. The zero-order chi connectivity index (χ0) is 16.1. The number of unbranched alkanes of at least 4 members (excludes halogenated alkanes) is 1. The number of para-hydroxylation sites is 1. The number of nitrogens with zero attached hydrogens (tertiary/aromatic N) is 1. The molecule has 120 valence electrons. The summed E-state index contributed by atoms with van der Waals surface area (Å²) in [5, 5.41) is 20.1. The van der Waals surface area contributed by atoms with Crippen LogP contribution in [0, 0.1) is 0 Å². The van der Waals surface area contributed by atoms with Crippen LogP contribution in [0.5, 0.6) is 5.75 Å². The fraction of sp³-hybridized carbons (Fsp3) is 0.471.